The molecule has 168 valence electrons. The molecule has 1 aliphatic heterocycles. The van der Waals surface area contributed by atoms with Crippen LogP contribution < -0.4 is 10.1 Å². The molecule has 1 aliphatic rings. The van der Waals surface area contributed by atoms with Crippen molar-refractivity contribution in [3.8, 4) is 5.75 Å². The van der Waals surface area contributed by atoms with E-state index in [9.17, 15) is 18.0 Å². The van der Waals surface area contributed by atoms with Gasteiger partial charge in [0.25, 0.3) is 0 Å². The van der Waals surface area contributed by atoms with E-state index in [0.717, 1.165) is 31.5 Å². The number of ether oxygens (including phenoxy) is 1. The summed E-state index contributed by atoms with van der Waals surface area (Å²) < 4.78 is 45.0. The van der Waals surface area contributed by atoms with Gasteiger partial charge in [0.15, 0.2) is 0 Å². The summed E-state index contributed by atoms with van der Waals surface area (Å²) in [4.78, 5) is 16.9. The van der Waals surface area contributed by atoms with E-state index in [1.165, 1.54) is 23.8 Å². The minimum atomic E-state index is -4.51. The Bertz CT molecular complexity index is 863. The van der Waals surface area contributed by atoms with Crippen LogP contribution in [0.25, 0.3) is 0 Å². The quantitative estimate of drug-likeness (QED) is 0.706. The number of nitrogens with one attached hydrogen (secondary N) is 1. The minimum Gasteiger partial charge on any atom is -0.494 e. The van der Waals surface area contributed by atoms with E-state index in [1.54, 1.807) is 6.92 Å². The second-order valence-corrected chi connectivity index (χ2v) is 7.60. The summed E-state index contributed by atoms with van der Waals surface area (Å²) in [5, 5.41) is 2.45. The number of alkyl halides is 3. The fourth-order valence-corrected chi connectivity index (χ4v) is 3.67. The van der Waals surface area contributed by atoms with Gasteiger partial charge < -0.3 is 10.1 Å². The normalized spacial score (nSPS) is 16.7. The summed E-state index contributed by atoms with van der Waals surface area (Å²) >= 11 is 0. The summed E-state index contributed by atoms with van der Waals surface area (Å²) in [7, 11) is 0. The van der Waals surface area contributed by atoms with E-state index in [-0.39, 0.29) is 5.69 Å². The zero-order valence-corrected chi connectivity index (χ0v) is 17.8. The highest BCUT2D eigenvalue weighted by Gasteiger charge is 2.34. The first-order valence-electron chi connectivity index (χ1n) is 10.4. The Labute approximate surface area is 180 Å². The molecule has 0 spiro atoms. The Kier molecular flexibility index (Phi) is 7.56. The highest BCUT2D eigenvalue weighted by molar-refractivity contribution is 5.95. The predicted molar refractivity (Wildman–Crippen MR) is 114 cm³/mol. The molecule has 1 heterocycles. The molecule has 31 heavy (non-hydrogen) atoms. The molecular formula is C23H28F3N3O2. The van der Waals surface area contributed by atoms with Crippen molar-refractivity contribution in [2.24, 2.45) is 0 Å². The number of piperazine rings is 1. The lowest BCUT2D eigenvalue weighted by Gasteiger charge is -2.37. The van der Waals surface area contributed by atoms with Crippen LogP contribution in [0.1, 0.15) is 25.0 Å². The Morgan fingerprint density at radius 3 is 2.32 bits per heavy atom. The van der Waals surface area contributed by atoms with Gasteiger partial charge in [0, 0.05) is 32.7 Å². The van der Waals surface area contributed by atoms with Crippen LogP contribution in [-0.4, -0.2) is 54.5 Å². The van der Waals surface area contributed by atoms with Gasteiger partial charge in [0.1, 0.15) is 5.75 Å². The molecule has 1 N–H and O–H groups in total. The van der Waals surface area contributed by atoms with Crippen LogP contribution in [0.5, 0.6) is 5.75 Å². The number of carbonyl (C=O) groups excluding carboxylic acids is 1. The van der Waals surface area contributed by atoms with Gasteiger partial charge >= 0.3 is 6.18 Å². The van der Waals surface area contributed by atoms with E-state index < -0.39 is 23.7 Å². The number of nitrogens with zero attached hydrogens (tertiary/aromatic N) is 2. The standard InChI is InChI=1S/C23H28F3N3O2/c1-3-31-19-10-8-18(9-11-19)16-28-12-14-29(15-13-28)17(2)22(30)27-21-7-5-4-6-20(21)23(24,25)26/h4-11,17H,3,12-16H2,1-2H3,(H,27,30). The molecule has 0 aromatic heterocycles. The van der Waals surface area contributed by atoms with Crippen molar-refractivity contribution in [1.29, 1.82) is 0 Å². The van der Waals surface area contributed by atoms with Gasteiger partial charge in [0.2, 0.25) is 5.91 Å². The maximum atomic E-state index is 13.2. The van der Waals surface area contributed by atoms with E-state index >= 15 is 0 Å². The Morgan fingerprint density at radius 1 is 1.06 bits per heavy atom. The highest BCUT2D eigenvalue weighted by atomic mass is 19.4. The number of carbonyl (C=O) groups is 1. The molecule has 1 unspecified atom stereocenters. The number of anilines is 1. The first kappa shape index (κ1) is 23.1. The van der Waals surface area contributed by atoms with Crippen molar-refractivity contribution in [1.82, 2.24) is 9.80 Å². The molecule has 3 rings (SSSR count). The van der Waals surface area contributed by atoms with Crippen LogP contribution >= 0.6 is 0 Å². The van der Waals surface area contributed by atoms with Crippen molar-refractivity contribution < 1.29 is 22.7 Å². The van der Waals surface area contributed by atoms with Crippen LogP contribution in [-0.2, 0) is 17.5 Å². The summed E-state index contributed by atoms with van der Waals surface area (Å²) in [5.74, 6) is 0.416. The van der Waals surface area contributed by atoms with Gasteiger partial charge in [-0.2, -0.15) is 13.2 Å². The average molecular weight is 435 g/mol. The van der Waals surface area contributed by atoms with E-state index in [0.29, 0.717) is 19.7 Å². The topological polar surface area (TPSA) is 44.8 Å². The Morgan fingerprint density at radius 2 is 1.71 bits per heavy atom. The van der Waals surface area contributed by atoms with Crippen LogP contribution in [0.3, 0.4) is 0 Å². The van der Waals surface area contributed by atoms with E-state index in [1.807, 2.05) is 36.1 Å². The van der Waals surface area contributed by atoms with Gasteiger partial charge in [-0.25, -0.2) is 0 Å². The molecule has 0 radical (unpaired) electrons. The van der Waals surface area contributed by atoms with E-state index in [2.05, 4.69) is 10.2 Å². The number of para-hydroxylation sites is 1. The first-order valence-corrected chi connectivity index (χ1v) is 10.4. The lowest BCUT2D eigenvalue weighted by atomic mass is 10.1. The second kappa shape index (κ2) is 10.2. The fourth-order valence-electron chi connectivity index (χ4n) is 3.67. The highest BCUT2D eigenvalue weighted by Crippen LogP contribution is 2.34. The summed E-state index contributed by atoms with van der Waals surface area (Å²) in [6, 6.07) is 12.5. The van der Waals surface area contributed by atoms with Crippen LogP contribution in [0.2, 0.25) is 0 Å². The van der Waals surface area contributed by atoms with Crippen molar-refractivity contribution in [2.45, 2.75) is 32.6 Å². The van der Waals surface area contributed by atoms with Crippen LogP contribution in [0.4, 0.5) is 18.9 Å². The number of benzene rings is 2. The van der Waals surface area contributed by atoms with Crippen LogP contribution in [0.15, 0.2) is 48.5 Å². The molecule has 0 aliphatic carbocycles. The molecule has 1 atom stereocenters. The molecule has 1 fully saturated rings. The zero-order chi connectivity index (χ0) is 22.4. The fraction of sp³-hybridized carbons (Fsp3) is 0.435. The molecule has 1 saturated heterocycles. The number of hydrogen-bond acceptors (Lipinski definition) is 4. The maximum Gasteiger partial charge on any atom is 0.418 e. The molecule has 0 saturated carbocycles. The van der Waals surface area contributed by atoms with Gasteiger partial charge in [-0.1, -0.05) is 24.3 Å². The van der Waals surface area contributed by atoms with Crippen LogP contribution in [0, 0.1) is 0 Å². The van der Waals surface area contributed by atoms with Gasteiger partial charge in [-0.15, -0.1) is 0 Å². The van der Waals surface area contributed by atoms with Crippen molar-refractivity contribution in [3.05, 3.63) is 59.7 Å². The van der Waals surface area contributed by atoms with Gasteiger partial charge in [-0.3, -0.25) is 14.6 Å². The molecule has 2 aromatic rings. The van der Waals surface area contributed by atoms with E-state index in [4.69, 9.17) is 4.74 Å². The molecule has 0 bridgehead atoms. The van der Waals surface area contributed by atoms with Crippen molar-refractivity contribution in [3.63, 3.8) is 0 Å². The number of amides is 1. The monoisotopic (exact) mass is 435 g/mol. The predicted octanol–water partition coefficient (Wildman–Crippen LogP) is 4.25. The average Bonchev–Trinajstić information content (AvgIpc) is 2.75. The van der Waals surface area contributed by atoms with Gasteiger partial charge in [-0.05, 0) is 43.7 Å². The molecule has 1 amide bonds. The summed E-state index contributed by atoms with van der Waals surface area (Å²) in [6.07, 6.45) is -4.51. The van der Waals surface area contributed by atoms with Gasteiger partial charge in [0.05, 0.1) is 23.9 Å². The molecular weight excluding hydrogens is 407 g/mol. The third-order valence-electron chi connectivity index (χ3n) is 5.46. The number of halogens is 3. The lowest BCUT2D eigenvalue weighted by Crippen LogP contribution is -2.52. The third-order valence-corrected chi connectivity index (χ3v) is 5.46. The molecule has 2 aromatic carbocycles. The lowest BCUT2D eigenvalue weighted by molar-refractivity contribution is -0.137. The summed E-state index contributed by atoms with van der Waals surface area (Å²) in [5.41, 5.74) is 0.142. The number of hydrogen-bond donors (Lipinski definition) is 1. The third kappa shape index (κ3) is 6.21. The largest absolute Gasteiger partial charge is 0.494 e. The number of rotatable bonds is 7. The SMILES string of the molecule is CCOc1ccc(CN2CCN(C(C)C(=O)Nc3ccccc3C(F)(F)F)CC2)cc1. The van der Waals surface area contributed by atoms with Crippen molar-refractivity contribution >= 4 is 11.6 Å². The summed E-state index contributed by atoms with van der Waals surface area (Å²) in [6.45, 7) is 8.03. The molecule has 8 heteroatoms. The molecule has 5 nitrogen and oxygen atoms in total. The minimum absolute atomic E-state index is 0.207. The first-order chi connectivity index (χ1) is 14.8. The zero-order valence-electron chi connectivity index (χ0n) is 17.8. The smallest absolute Gasteiger partial charge is 0.418 e. The maximum absolute atomic E-state index is 13.2. The Hall–Kier alpha value is -2.58. The Balaban J connectivity index is 1.52. The second-order valence-electron chi connectivity index (χ2n) is 7.60. The van der Waals surface area contributed by atoms with Crippen molar-refractivity contribution in [2.75, 3.05) is 38.1 Å².